The highest BCUT2D eigenvalue weighted by Gasteiger charge is 2.30. The molecule has 1 aliphatic rings. The van der Waals surface area contributed by atoms with Crippen molar-refractivity contribution in [2.75, 3.05) is 10.7 Å². The number of nitrogens with zero attached hydrogens (tertiary/aromatic N) is 3. The number of rotatable bonds is 4. The van der Waals surface area contributed by atoms with Gasteiger partial charge in [0.2, 0.25) is 5.91 Å². The van der Waals surface area contributed by atoms with Gasteiger partial charge in [0, 0.05) is 11.7 Å². The molecule has 1 amide bonds. The molecule has 0 fully saturated rings. The van der Waals surface area contributed by atoms with E-state index >= 15 is 0 Å². The maximum Gasteiger partial charge on any atom is 0.266 e. The zero-order valence-electron chi connectivity index (χ0n) is 17.7. The summed E-state index contributed by atoms with van der Waals surface area (Å²) in [6.07, 6.45) is 0.805. The standard InChI is InChI=1S/C25H19ClFN3O2S/c1-15-12-16-6-2-5-9-22(16)29(15)23(31)14-33-25-28-21-8-4-3-7-18(21)24(32)30(25)17-10-11-20(27)19(26)13-17/h2-11,13,15H,12,14H2,1H3. The molecule has 1 atom stereocenters. The molecule has 2 heterocycles. The third-order valence-electron chi connectivity index (χ3n) is 5.71. The van der Waals surface area contributed by atoms with Gasteiger partial charge in [-0.05, 0) is 55.3 Å². The highest BCUT2D eigenvalue weighted by molar-refractivity contribution is 7.99. The Bertz CT molecular complexity index is 1460. The molecular weight excluding hydrogens is 461 g/mol. The lowest BCUT2D eigenvalue weighted by molar-refractivity contribution is -0.116. The molecule has 3 aromatic carbocycles. The maximum absolute atomic E-state index is 13.8. The van der Waals surface area contributed by atoms with Crippen LogP contribution in [0.2, 0.25) is 5.02 Å². The average molecular weight is 480 g/mol. The molecular formula is C25H19ClFN3O2S. The summed E-state index contributed by atoms with van der Waals surface area (Å²) >= 11 is 7.16. The minimum Gasteiger partial charge on any atom is -0.308 e. The zero-order valence-corrected chi connectivity index (χ0v) is 19.2. The number of hydrogen-bond donors (Lipinski definition) is 0. The summed E-state index contributed by atoms with van der Waals surface area (Å²) in [4.78, 5) is 33.0. The van der Waals surface area contributed by atoms with Crippen LogP contribution in [0.4, 0.5) is 10.1 Å². The molecule has 1 unspecified atom stereocenters. The number of hydrogen-bond acceptors (Lipinski definition) is 4. The van der Waals surface area contributed by atoms with Gasteiger partial charge in [0.25, 0.3) is 5.56 Å². The minimum atomic E-state index is -0.576. The predicted octanol–water partition coefficient (Wildman–Crippen LogP) is 5.25. The van der Waals surface area contributed by atoms with Gasteiger partial charge in [0.1, 0.15) is 5.82 Å². The number of carbonyl (C=O) groups is 1. The third kappa shape index (κ3) is 3.92. The summed E-state index contributed by atoms with van der Waals surface area (Å²) in [6, 6.07) is 19.0. The molecule has 0 saturated heterocycles. The average Bonchev–Trinajstić information content (AvgIpc) is 3.15. The van der Waals surface area contributed by atoms with Crippen LogP contribution in [0, 0.1) is 5.82 Å². The number of thioether (sulfide) groups is 1. The molecule has 0 spiro atoms. The Hall–Kier alpha value is -3.16. The van der Waals surface area contributed by atoms with Gasteiger partial charge >= 0.3 is 0 Å². The van der Waals surface area contributed by atoms with Gasteiger partial charge in [-0.25, -0.2) is 9.37 Å². The van der Waals surface area contributed by atoms with Crippen molar-refractivity contribution in [1.82, 2.24) is 9.55 Å². The van der Waals surface area contributed by atoms with Crippen LogP contribution in [0.3, 0.4) is 0 Å². The molecule has 5 rings (SSSR count). The van der Waals surface area contributed by atoms with Gasteiger partial charge in [-0.1, -0.05) is 53.7 Å². The van der Waals surface area contributed by atoms with E-state index in [1.54, 1.807) is 29.2 Å². The summed E-state index contributed by atoms with van der Waals surface area (Å²) in [5.74, 6) is -0.546. The van der Waals surface area contributed by atoms with E-state index in [2.05, 4.69) is 4.98 Å². The van der Waals surface area contributed by atoms with Crippen molar-refractivity contribution >= 4 is 45.9 Å². The molecule has 166 valence electrons. The van der Waals surface area contributed by atoms with Crippen molar-refractivity contribution < 1.29 is 9.18 Å². The van der Waals surface area contributed by atoms with E-state index in [0.717, 1.165) is 17.7 Å². The SMILES string of the molecule is CC1Cc2ccccc2N1C(=O)CSc1nc2ccccc2c(=O)n1-c1ccc(F)c(Cl)c1. The van der Waals surface area contributed by atoms with Crippen molar-refractivity contribution in [3.8, 4) is 5.69 Å². The van der Waals surface area contributed by atoms with E-state index < -0.39 is 5.82 Å². The Morgan fingerprint density at radius 3 is 2.73 bits per heavy atom. The minimum absolute atomic E-state index is 0.0539. The molecule has 0 radical (unpaired) electrons. The Morgan fingerprint density at radius 1 is 1.15 bits per heavy atom. The van der Waals surface area contributed by atoms with Crippen LogP contribution in [0.25, 0.3) is 16.6 Å². The van der Waals surface area contributed by atoms with E-state index in [1.165, 1.54) is 34.5 Å². The molecule has 33 heavy (non-hydrogen) atoms. The fourth-order valence-electron chi connectivity index (χ4n) is 4.20. The monoisotopic (exact) mass is 479 g/mol. The topological polar surface area (TPSA) is 55.2 Å². The van der Waals surface area contributed by atoms with Gasteiger partial charge in [-0.15, -0.1) is 0 Å². The van der Waals surface area contributed by atoms with Crippen LogP contribution < -0.4 is 10.5 Å². The van der Waals surface area contributed by atoms with E-state index in [4.69, 9.17) is 11.6 Å². The smallest absolute Gasteiger partial charge is 0.266 e. The van der Waals surface area contributed by atoms with Gasteiger partial charge < -0.3 is 4.90 Å². The van der Waals surface area contributed by atoms with Crippen LogP contribution >= 0.6 is 23.4 Å². The highest BCUT2D eigenvalue weighted by Crippen LogP contribution is 2.33. The number of carbonyl (C=O) groups excluding carboxylic acids is 1. The van der Waals surface area contributed by atoms with E-state index in [0.29, 0.717) is 21.7 Å². The fourth-order valence-corrected chi connectivity index (χ4v) is 5.25. The summed E-state index contributed by atoms with van der Waals surface area (Å²) in [5, 5.41) is 0.674. The van der Waals surface area contributed by atoms with Crippen molar-refractivity contribution in [2.24, 2.45) is 0 Å². The lowest BCUT2D eigenvalue weighted by Gasteiger charge is -2.23. The number of anilines is 1. The quantitative estimate of drug-likeness (QED) is 0.296. The normalized spacial score (nSPS) is 15.1. The van der Waals surface area contributed by atoms with E-state index in [9.17, 15) is 14.0 Å². The van der Waals surface area contributed by atoms with E-state index in [1.807, 2.05) is 31.2 Å². The van der Waals surface area contributed by atoms with Gasteiger partial charge in [0.05, 0.1) is 27.4 Å². The van der Waals surface area contributed by atoms with Gasteiger partial charge in [0.15, 0.2) is 5.16 Å². The Kier molecular flexibility index (Phi) is 5.68. The van der Waals surface area contributed by atoms with Crippen molar-refractivity contribution in [3.05, 3.63) is 93.5 Å². The summed E-state index contributed by atoms with van der Waals surface area (Å²) in [7, 11) is 0. The molecule has 8 heteroatoms. The van der Waals surface area contributed by atoms with Crippen molar-refractivity contribution in [3.63, 3.8) is 0 Å². The van der Waals surface area contributed by atoms with Crippen LogP contribution in [0.5, 0.6) is 0 Å². The van der Waals surface area contributed by atoms with Crippen LogP contribution in [-0.4, -0.2) is 27.3 Å². The second-order valence-electron chi connectivity index (χ2n) is 7.88. The first-order chi connectivity index (χ1) is 15.9. The van der Waals surface area contributed by atoms with Crippen LogP contribution in [0.15, 0.2) is 76.7 Å². The number of halogens is 2. The molecule has 5 nitrogen and oxygen atoms in total. The Balaban J connectivity index is 1.53. The van der Waals surface area contributed by atoms with Crippen LogP contribution in [0.1, 0.15) is 12.5 Å². The van der Waals surface area contributed by atoms with Gasteiger partial charge in [-0.3, -0.25) is 14.2 Å². The summed E-state index contributed by atoms with van der Waals surface area (Å²) < 4.78 is 15.1. The highest BCUT2D eigenvalue weighted by atomic mass is 35.5. The first-order valence-corrected chi connectivity index (χ1v) is 11.8. The van der Waals surface area contributed by atoms with Crippen molar-refractivity contribution in [1.29, 1.82) is 0 Å². The molecule has 1 aliphatic heterocycles. The predicted molar refractivity (Wildman–Crippen MR) is 130 cm³/mol. The molecule has 4 aromatic rings. The Morgan fingerprint density at radius 2 is 1.91 bits per heavy atom. The number of para-hydroxylation sites is 2. The second kappa shape index (κ2) is 8.65. The molecule has 0 saturated carbocycles. The largest absolute Gasteiger partial charge is 0.308 e. The maximum atomic E-state index is 13.8. The molecule has 0 bridgehead atoms. The lowest BCUT2D eigenvalue weighted by Crippen LogP contribution is -2.37. The molecule has 0 N–H and O–H groups in total. The van der Waals surface area contributed by atoms with Crippen molar-refractivity contribution in [2.45, 2.75) is 24.5 Å². The second-order valence-corrected chi connectivity index (χ2v) is 9.23. The number of amides is 1. The Labute approximate surface area is 198 Å². The lowest BCUT2D eigenvalue weighted by atomic mass is 10.1. The zero-order chi connectivity index (χ0) is 23.1. The number of aromatic nitrogens is 2. The first-order valence-electron chi connectivity index (χ1n) is 10.4. The number of fused-ring (bicyclic) bond motifs is 2. The van der Waals surface area contributed by atoms with Crippen LogP contribution in [-0.2, 0) is 11.2 Å². The third-order valence-corrected chi connectivity index (χ3v) is 6.92. The van der Waals surface area contributed by atoms with E-state index in [-0.39, 0.29) is 28.3 Å². The summed E-state index contributed by atoms with van der Waals surface area (Å²) in [6.45, 7) is 2.02. The first kappa shape index (κ1) is 21.7. The molecule has 1 aromatic heterocycles. The van der Waals surface area contributed by atoms with Gasteiger partial charge in [-0.2, -0.15) is 0 Å². The summed E-state index contributed by atoms with van der Waals surface area (Å²) in [5.41, 5.74) is 2.68. The fraction of sp³-hybridized carbons (Fsp3) is 0.160. The number of benzene rings is 3. The molecule has 0 aliphatic carbocycles.